The maximum absolute atomic E-state index is 11.9. The summed E-state index contributed by atoms with van der Waals surface area (Å²) < 4.78 is 0. The molecule has 2 amide bonds. The number of aromatic nitrogens is 1. The summed E-state index contributed by atoms with van der Waals surface area (Å²) in [5, 5.41) is 1.08. The quantitative estimate of drug-likeness (QED) is 0.787. The van der Waals surface area contributed by atoms with Crippen molar-refractivity contribution in [3.8, 4) is 0 Å². The molecule has 1 aromatic heterocycles. The molecule has 0 radical (unpaired) electrons. The predicted molar refractivity (Wildman–Crippen MR) is 88.7 cm³/mol. The Hall–Kier alpha value is -1.97. The van der Waals surface area contributed by atoms with Gasteiger partial charge in [0.25, 0.3) is 0 Å². The fourth-order valence-electron chi connectivity index (χ4n) is 2.67. The Balaban J connectivity index is 2.48. The molecule has 4 nitrogen and oxygen atoms in total. The number of carbonyl (C=O) groups excluding carboxylic acids is 1. The maximum Gasteiger partial charge on any atom is 0.319 e. The second-order valence-electron chi connectivity index (χ2n) is 5.44. The molecular formula is C17H25N3O. The molecule has 3 N–H and O–H groups in total. The Labute approximate surface area is 126 Å². The molecule has 2 rings (SSSR count). The van der Waals surface area contributed by atoms with Crippen molar-refractivity contribution in [1.82, 2.24) is 4.98 Å². The highest BCUT2D eigenvalue weighted by molar-refractivity contribution is 6.03. The number of aryl methyl sites for hydroxylation is 1. The first-order chi connectivity index (χ1) is 10.2. The number of H-pyrrole nitrogens is 1. The summed E-state index contributed by atoms with van der Waals surface area (Å²) in [6, 6.07) is 7.74. The smallest absolute Gasteiger partial charge is 0.319 e. The van der Waals surface area contributed by atoms with Crippen LogP contribution in [0.2, 0.25) is 0 Å². The summed E-state index contributed by atoms with van der Waals surface area (Å²) in [7, 11) is 0. The number of urea groups is 1. The summed E-state index contributed by atoms with van der Waals surface area (Å²) in [5.41, 5.74) is 8.79. The number of nitrogens with one attached hydrogen (secondary N) is 1. The Morgan fingerprint density at radius 2 is 1.90 bits per heavy atom. The summed E-state index contributed by atoms with van der Waals surface area (Å²) in [4.78, 5) is 17.1. The lowest BCUT2D eigenvalue weighted by atomic mass is 10.1. The van der Waals surface area contributed by atoms with E-state index in [1.54, 1.807) is 4.90 Å². The number of para-hydroxylation sites is 1. The van der Waals surface area contributed by atoms with Crippen molar-refractivity contribution in [2.75, 3.05) is 11.4 Å². The Kier molecular flexibility index (Phi) is 5.26. The third-order valence-electron chi connectivity index (χ3n) is 3.81. The van der Waals surface area contributed by atoms with Crippen molar-refractivity contribution in [3.05, 3.63) is 30.0 Å². The average molecular weight is 287 g/mol. The number of benzene rings is 1. The van der Waals surface area contributed by atoms with E-state index in [-0.39, 0.29) is 6.03 Å². The number of hydrogen-bond acceptors (Lipinski definition) is 1. The molecule has 0 aliphatic rings. The van der Waals surface area contributed by atoms with Crippen LogP contribution in [0.1, 0.15) is 45.2 Å². The molecule has 21 heavy (non-hydrogen) atoms. The van der Waals surface area contributed by atoms with Gasteiger partial charge in [-0.1, -0.05) is 44.9 Å². The van der Waals surface area contributed by atoms with Gasteiger partial charge in [-0.3, -0.25) is 4.90 Å². The Bertz CT molecular complexity index is 603. The van der Waals surface area contributed by atoms with Crippen molar-refractivity contribution < 1.29 is 4.79 Å². The zero-order chi connectivity index (χ0) is 15.2. The van der Waals surface area contributed by atoms with E-state index in [1.807, 2.05) is 18.2 Å². The highest BCUT2D eigenvalue weighted by Gasteiger charge is 2.20. The first kappa shape index (κ1) is 15.4. The Morgan fingerprint density at radius 1 is 1.19 bits per heavy atom. The van der Waals surface area contributed by atoms with Crippen molar-refractivity contribution in [2.24, 2.45) is 5.73 Å². The molecule has 1 heterocycles. The van der Waals surface area contributed by atoms with Crippen LogP contribution >= 0.6 is 0 Å². The molecular weight excluding hydrogens is 262 g/mol. The fraction of sp³-hybridized carbons (Fsp3) is 0.471. The maximum atomic E-state index is 11.9. The minimum atomic E-state index is -0.369. The van der Waals surface area contributed by atoms with Crippen LogP contribution in [0.25, 0.3) is 10.9 Å². The van der Waals surface area contributed by atoms with Gasteiger partial charge in [0, 0.05) is 23.1 Å². The molecule has 0 unspecified atom stereocenters. The third kappa shape index (κ3) is 3.38. The molecule has 0 aliphatic heterocycles. The largest absolute Gasteiger partial charge is 0.357 e. The van der Waals surface area contributed by atoms with Crippen LogP contribution < -0.4 is 10.6 Å². The molecule has 0 aliphatic carbocycles. The highest BCUT2D eigenvalue weighted by atomic mass is 16.2. The van der Waals surface area contributed by atoms with E-state index in [0.29, 0.717) is 6.54 Å². The highest BCUT2D eigenvalue weighted by Crippen LogP contribution is 2.32. The first-order valence-corrected chi connectivity index (χ1v) is 7.85. The third-order valence-corrected chi connectivity index (χ3v) is 3.81. The molecule has 0 bridgehead atoms. The lowest BCUT2D eigenvalue weighted by Crippen LogP contribution is -2.37. The van der Waals surface area contributed by atoms with E-state index >= 15 is 0 Å². The number of carbonyl (C=O) groups is 1. The van der Waals surface area contributed by atoms with Gasteiger partial charge >= 0.3 is 6.03 Å². The summed E-state index contributed by atoms with van der Waals surface area (Å²) >= 11 is 0. The van der Waals surface area contributed by atoms with Crippen molar-refractivity contribution >= 4 is 22.6 Å². The van der Waals surface area contributed by atoms with Crippen LogP contribution in [0.4, 0.5) is 10.5 Å². The van der Waals surface area contributed by atoms with Gasteiger partial charge in [0.05, 0.1) is 5.69 Å². The number of rotatable bonds is 7. The Morgan fingerprint density at radius 3 is 2.57 bits per heavy atom. The molecule has 4 heteroatoms. The minimum absolute atomic E-state index is 0.369. The normalized spacial score (nSPS) is 11.0. The molecule has 0 saturated carbocycles. The molecule has 2 aromatic rings. The molecule has 1 aromatic carbocycles. The van der Waals surface area contributed by atoms with E-state index < -0.39 is 0 Å². The van der Waals surface area contributed by atoms with E-state index in [4.69, 9.17) is 5.73 Å². The van der Waals surface area contributed by atoms with Crippen molar-refractivity contribution in [2.45, 2.75) is 46.0 Å². The van der Waals surface area contributed by atoms with Crippen molar-refractivity contribution in [3.63, 3.8) is 0 Å². The zero-order valence-corrected chi connectivity index (χ0v) is 13.0. The van der Waals surface area contributed by atoms with Gasteiger partial charge in [-0.15, -0.1) is 0 Å². The van der Waals surface area contributed by atoms with Crippen LogP contribution in [0.3, 0.4) is 0 Å². The van der Waals surface area contributed by atoms with E-state index in [2.05, 4.69) is 24.9 Å². The second-order valence-corrected chi connectivity index (χ2v) is 5.44. The summed E-state index contributed by atoms with van der Waals surface area (Å²) in [5.74, 6) is 0. The molecule has 114 valence electrons. The van der Waals surface area contributed by atoms with E-state index in [1.165, 1.54) is 0 Å². The van der Waals surface area contributed by atoms with Crippen molar-refractivity contribution in [1.29, 1.82) is 0 Å². The van der Waals surface area contributed by atoms with Crippen LogP contribution in [0.5, 0.6) is 0 Å². The summed E-state index contributed by atoms with van der Waals surface area (Å²) in [6.45, 7) is 4.96. The van der Waals surface area contributed by atoms with E-state index in [0.717, 1.165) is 54.4 Å². The lowest BCUT2D eigenvalue weighted by Gasteiger charge is -2.21. The van der Waals surface area contributed by atoms with Crippen LogP contribution in [-0.4, -0.2) is 17.6 Å². The van der Waals surface area contributed by atoms with Gasteiger partial charge in [-0.2, -0.15) is 0 Å². The summed E-state index contributed by atoms with van der Waals surface area (Å²) in [6.07, 6.45) is 5.16. The number of fused-ring (bicyclic) bond motifs is 1. The fourth-order valence-corrected chi connectivity index (χ4v) is 2.67. The van der Waals surface area contributed by atoms with Gasteiger partial charge in [0.1, 0.15) is 0 Å². The van der Waals surface area contributed by atoms with Crippen LogP contribution in [-0.2, 0) is 6.42 Å². The SMILES string of the molecule is CCCCc1[nH]c2ccccc2c1N(CCCC)C(N)=O. The number of aromatic amines is 1. The molecule has 0 atom stereocenters. The van der Waals surface area contributed by atoms with Gasteiger partial charge in [0.2, 0.25) is 0 Å². The standard InChI is InChI=1S/C17H25N3O/c1-3-5-10-15-16(20(17(18)21)12-6-4-2)13-9-7-8-11-14(13)19-15/h7-9,11,19H,3-6,10,12H2,1-2H3,(H2,18,21). The van der Waals surface area contributed by atoms with Crippen LogP contribution in [0, 0.1) is 0 Å². The van der Waals surface area contributed by atoms with Gasteiger partial charge in [-0.05, 0) is 25.3 Å². The lowest BCUT2D eigenvalue weighted by molar-refractivity contribution is 0.254. The second kappa shape index (κ2) is 7.16. The minimum Gasteiger partial charge on any atom is -0.357 e. The number of hydrogen-bond donors (Lipinski definition) is 2. The number of nitrogens with two attached hydrogens (primary N) is 1. The molecule has 0 saturated heterocycles. The monoisotopic (exact) mass is 287 g/mol. The van der Waals surface area contributed by atoms with Gasteiger partial charge in [-0.25, -0.2) is 4.79 Å². The number of anilines is 1. The van der Waals surface area contributed by atoms with Gasteiger partial charge in [0.15, 0.2) is 0 Å². The number of amides is 2. The molecule has 0 spiro atoms. The molecule has 0 fully saturated rings. The van der Waals surface area contributed by atoms with Crippen LogP contribution in [0.15, 0.2) is 24.3 Å². The van der Waals surface area contributed by atoms with Gasteiger partial charge < -0.3 is 10.7 Å². The predicted octanol–water partition coefficient (Wildman–Crippen LogP) is 4.20. The van der Waals surface area contributed by atoms with E-state index in [9.17, 15) is 4.79 Å². The number of primary amides is 1. The average Bonchev–Trinajstić information content (AvgIpc) is 2.84. The topological polar surface area (TPSA) is 62.1 Å². The zero-order valence-electron chi connectivity index (χ0n) is 13.0. The number of nitrogens with zero attached hydrogens (tertiary/aromatic N) is 1. The number of unbranched alkanes of at least 4 members (excludes halogenated alkanes) is 2. The first-order valence-electron chi connectivity index (χ1n) is 7.85.